The average molecular weight is 326 g/mol. The summed E-state index contributed by atoms with van der Waals surface area (Å²) in [4.78, 5) is 12.9. The molecular weight excluding hydrogens is 314 g/mol. The van der Waals surface area contributed by atoms with E-state index in [1.54, 1.807) is 23.0 Å². The van der Waals surface area contributed by atoms with Gasteiger partial charge in [-0.25, -0.2) is 0 Å². The summed E-state index contributed by atoms with van der Waals surface area (Å²) >= 11 is 7.58. The van der Waals surface area contributed by atoms with Crippen molar-refractivity contribution >= 4 is 40.2 Å². The third-order valence-electron chi connectivity index (χ3n) is 2.46. The van der Waals surface area contributed by atoms with Crippen LogP contribution in [0.2, 0.25) is 0 Å². The molecule has 0 unspecified atom stereocenters. The second-order valence-electron chi connectivity index (χ2n) is 3.92. The number of thiol groups is 1. The molecule has 1 aromatic carbocycles. The van der Waals surface area contributed by atoms with Gasteiger partial charge in [-0.1, -0.05) is 0 Å². The standard InChI is InChI=1S/C12H12BrN3OS/c1-7-11(6-16(2)15-7)14-12(17)9-5-8(18)3-4-10(9)13/h3-6,18H,1-2H3,(H,14,17). The highest BCUT2D eigenvalue weighted by molar-refractivity contribution is 9.10. The van der Waals surface area contributed by atoms with Gasteiger partial charge in [-0.3, -0.25) is 9.48 Å². The van der Waals surface area contributed by atoms with Crippen molar-refractivity contribution in [3.8, 4) is 0 Å². The van der Waals surface area contributed by atoms with Gasteiger partial charge in [-0.2, -0.15) is 5.10 Å². The Morgan fingerprint density at radius 2 is 2.22 bits per heavy atom. The summed E-state index contributed by atoms with van der Waals surface area (Å²) in [6.07, 6.45) is 1.77. The molecule has 1 N–H and O–H groups in total. The molecule has 0 bridgehead atoms. The van der Waals surface area contributed by atoms with E-state index in [1.165, 1.54) is 0 Å². The first kappa shape index (κ1) is 13.2. The third-order valence-corrected chi connectivity index (χ3v) is 3.43. The second kappa shape index (κ2) is 5.16. The van der Waals surface area contributed by atoms with Crippen LogP contribution < -0.4 is 5.32 Å². The Balaban J connectivity index is 2.27. The lowest BCUT2D eigenvalue weighted by molar-refractivity contribution is 0.102. The normalized spacial score (nSPS) is 10.4. The predicted octanol–water partition coefficient (Wildman–Crippen LogP) is 3.03. The first-order valence-corrected chi connectivity index (χ1v) is 6.51. The SMILES string of the molecule is Cc1nn(C)cc1NC(=O)c1cc(S)ccc1Br. The van der Waals surface area contributed by atoms with Gasteiger partial charge in [0.25, 0.3) is 5.91 Å². The van der Waals surface area contributed by atoms with Crippen LogP contribution in [-0.4, -0.2) is 15.7 Å². The molecule has 1 heterocycles. The summed E-state index contributed by atoms with van der Waals surface area (Å²) in [5.74, 6) is -0.186. The van der Waals surface area contributed by atoms with Gasteiger partial charge in [-0.15, -0.1) is 12.6 Å². The monoisotopic (exact) mass is 325 g/mol. The summed E-state index contributed by atoms with van der Waals surface area (Å²) in [6, 6.07) is 5.33. The van der Waals surface area contributed by atoms with E-state index in [0.717, 1.165) is 15.1 Å². The first-order chi connectivity index (χ1) is 8.47. The molecule has 2 aromatic rings. The number of hydrogen-bond donors (Lipinski definition) is 2. The second-order valence-corrected chi connectivity index (χ2v) is 5.29. The molecule has 2 rings (SSSR count). The van der Waals surface area contributed by atoms with Gasteiger partial charge in [0.05, 0.1) is 16.9 Å². The number of anilines is 1. The number of carbonyl (C=O) groups excluding carboxylic acids is 1. The Morgan fingerprint density at radius 3 is 2.83 bits per heavy atom. The van der Waals surface area contributed by atoms with Crippen molar-refractivity contribution in [3.63, 3.8) is 0 Å². The Labute approximate surface area is 119 Å². The van der Waals surface area contributed by atoms with Crippen molar-refractivity contribution in [3.05, 3.63) is 40.1 Å². The van der Waals surface area contributed by atoms with Crippen molar-refractivity contribution in [2.24, 2.45) is 7.05 Å². The average Bonchev–Trinajstić information content (AvgIpc) is 2.61. The van der Waals surface area contributed by atoms with Crippen LogP contribution >= 0.6 is 28.6 Å². The third kappa shape index (κ3) is 2.76. The molecule has 0 radical (unpaired) electrons. The summed E-state index contributed by atoms with van der Waals surface area (Å²) in [6.45, 7) is 1.85. The van der Waals surface area contributed by atoms with Crippen molar-refractivity contribution in [2.75, 3.05) is 5.32 Å². The van der Waals surface area contributed by atoms with E-state index in [4.69, 9.17) is 0 Å². The zero-order valence-corrected chi connectivity index (χ0v) is 12.4. The molecule has 6 heteroatoms. The number of amides is 1. The lowest BCUT2D eigenvalue weighted by atomic mass is 10.2. The molecule has 1 amide bonds. The number of aryl methyl sites for hydroxylation is 2. The minimum Gasteiger partial charge on any atom is -0.319 e. The van der Waals surface area contributed by atoms with Gasteiger partial charge in [0.15, 0.2) is 0 Å². The van der Waals surface area contributed by atoms with Crippen LogP contribution in [0.3, 0.4) is 0 Å². The van der Waals surface area contributed by atoms with Gasteiger partial charge < -0.3 is 5.32 Å². The topological polar surface area (TPSA) is 46.9 Å². The Morgan fingerprint density at radius 1 is 1.50 bits per heavy atom. The fourth-order valence-electron chi connectivity index (χ4n) is 1.60. The molecule has 0 spiro atoms. The van der Waals surface area contributed by atoms with Crippen LogP contribution in [-0.2, 0) is 7.05 Å². The van der Waals surface area contributed by atoms with E-state index in [0.29, 0.717) is 11.3 Å². The van der Waals surface area contributed by atoms with E-state index in [9.17, 15) is 4.79 Å². The van der Waals surface area contributed by atoms with E-state index in [1.807, 2.05) is 20.0 Å². The molecule has 4 nitrogen and oxygen atoms in total. The van der Waals surface area contributed by atoms with Crippen LogP contribution in [0.1, 0.15) is 16.1 Å². The van der Waals surface area contributed by atoms with Crippen LogP contribution in [0, 0.1) is 6.92 Å². The fraction of sp³-hybridized carbons (Fsp3) is 0.167. The maximum atomic E-state index is 12.1. The van der Waals surface area contributed by atoms with Gasteiger partial charge >= 0.3 is 0 Å². The number of halogens is 1. The highest BCUT2D eigenvalue weighted by atomic mass is 79.9. The van der Waals surface area contributed by atoms with Crippen LogP contribution in [0.15, 0.2) is 33.8 Å². The highest BCUT2D eigenvalue weighted by Crippen LogP contribution is 2.22. The van der Waals surface area contributed by atoms with Crippen molar-refractivity contribution < 1.29 is 4.79 Å². The Hall–Kier alpha value is -1.27. The van der Waals surface area contributed by atoms with Gasteiger partial charge in [0.2, 0.25) is 0 Å². The summed E-state index contributed by atoms with van der Waals surface area (Å²) < 4.78 is 2.40. The van der Waals surface area contributed by atoms with Gasteiger partial charge in [0.1, 0.15) is 0 Å². The van der Waals surface area contributed by atoms with E-state index in [-0.39, 0.29) is 5.91 Å². The van der Waals surface area contributed by atoms with Gasteiger partial charge in [-0.05, 0) is 41.1 Å². The molecule has 0 saturated carbocycles. The minimum absolute atomic E-state index is 0.186. The summed E-state index contributed by atoms with van der Waals surface area (Å²) in [5.41, 5.74) is 2.04. The molecule has 1 aromatic heterocycles. The number of aromatic nitrogens is 2. The van der Waals surface area contributed by atoms with Crippen LogP contribution in [0.5, 0.6) is 0 Å². The largest absolute Gasteiger partial charge is 0.319 e. The molecule has 0 aliphatic carbocycles. The van der Waals surface area contributed by atoms with Crippen molar-refractivity contribution in [1.82, 2.24) is 9.78 Å². The highest BCUT2D eigenvalue weighted by Gasteiger charge is 2.13. The summed E-state index contributed by atoms with van der Waals surface area (Å²) in [5, 5.41) is 7.00. The zero-order valence-electron chi connectivity index (χ0n) is 9.94. The maximum absolute atomic E-state index is 12.1. The lowest BCUT2D eigenvalue weighted by Gasteiger charge is -2.06. The smallest absolute Gasteiger partial charge is 0.256 e. The minimum atomic E-state index is -0.186. The van der Waals surface area contributed by atoms with Crippen molar-refractivity contribution in [2.45, 2.75) is 11.8 Å². The molecule has 0 fully saturated rings. The molecule has 0 atom stereocenters. The number of carbonyl (C=O) groups is 1. The molecule has 0 saturated heterocycles. The molecule has 0 aliphatic rings. The van der Waals surface area contributed by atoms with Crippen LogP contribution in [0.4, 0.5) is 5.69 Å². The number of hydrogen-bond acceptors (Lipinski definition) is 3. The van der Waals surface area contributed by atoms with E-state index >= 15 is 0 Å². The summed E-state index contributed by atoms with van der Waals surface area (Å²) in [7, 11) is 1.81. The van der Waals surface area contributed by atoms with Gasteiger partial charge in [0, 0.05) is 22.6 Å². The number of nitrogens with zero attached hydrogens (tertiary/aromatic N) is 2. The van der Waals surface area contributed by atoms with E-state index < -0.39 is 0 Å². The molecule has 0 aliphatic heterocycles. The predicted molar refractivity (Wildman–Crippen MR) is 77.3 cm³/mol. The zero-order chi connectivity index (χ0) is 13.3. The lowest BCUT2D eigenvalue weighted by Crippen LogP contribution is -2.12. The molecule has 18 heavy (non-hydrogen) atoms. The quantitative estimate of drug-likeness (QED) is 0.834. The Bertz CT molecular complexity index is 609. The van der Waals surface area contributed by atoms with E-state index in [2.05, 4.69) is 39.0 Å². The number of rotatable bonds is 2. The number of nitrogens with one attached hydrogen (secondary N) is 1. The molecular formula is C12H12BrN3OS. The van der Waals surface area contributed by atoms with Crippen LogP contribution in [0.25, 0.3) is 0 Å². The Kier molecular flexibility index (Phi) is 3.77. The number of benzene rings is 1. The fourth-order valence-corrected chi connectivity index (χ4v) is 2.23. The first-order valence-electron chi connectivity index (χ1n) is 5.27. The molecule has 94 valence electrons. The maximum Gasteiger partial charge on any atom is 0.256 e. The van der Waals surface area contributed by atoms with Crippen molar-refractivity contribution in [1.29, 1.82) is 0 Å².